The summed E-state index contributed by atoms with van der Waals surface area (Å²) in [7, 11) is 1.88. The van der Waals surface area contributed by atoms with Crippen LogP contribution in [0, 0.1) is 0 Å². The average Bonchev–Trinajstić information content (AvgIpc) is 2.18. The molecule has 92 valence electrons. The average molecular weight is 255 g/mol. The zero-order valence-electron chi connectivity index (χ0n) is 9.67. The fraction of sp³-hybridized carbons (Fsp3) is 0.900. The van der Waals surface area contributed by atoms with Gasteiger partial charge in [0.05, 0.1) is 0 Å². The third-order valence-corrected chi connectivity index (χ3v) is 2.88. The first-order valence-electron chi connectivity index (χ1n) is 5.30. The molecular formula is C10H23ClN2OS. The summed E-state index contributed by atoms with van der Waals surface area (Å²) in [5.41, 5.74) is 0. The first-order chi connectivity index (χ1) is 6.81. The Morgan fingerprint density at radius 2 is 2.00 bits per heavy atom. The number of unbranched alkanes of at least 4 members (excludes halogenated alkanes) is 1. The molecule has 0 saturated heterocycles. The maximum atomic E-state index is 11.2. The summed E-state index contributed by atoms with van der Waals surface area (Å²) in [5.74, 6) is 2.30. The summed E-state index contributed by atoms with van der Waals surface area (Å²) in [4.78, 5) is 11.2. The van der Waals surface area contributed by atoms with E-state index in [4.69, 9.17) is 0 Å². The molecule has 0 unspecified atom stereocenters. The lowest BCUT2D eigenvalue weighted by Gasteiger charge is -2.04. The highest BCUT2D eigenvalue weighted by atomic mass is 35.5. The van der Waals surface area contributed by atoms with Crippen LogP contribution < -0.4 is 10.6 Å². The smallest absolute Gasteiger partial charge is 0.220 e. The maximum absolute atomic E-state index is 11.2. The lowest BCUT2D eigenvalue weighted by atomic mass is 10.4. The molecule has 0 saturated carbocycles. The van der Waals surface area contributed by atoms with Crippen molar-refractivity contribution in [2.45, 2.75) is 26.2 Å². The van der Waals surface area contributed by atoms with Crippen LogP contribution in [-0.2, 0) is 4.79 Å². The fourth-order valence-corrected chi connectivity index (χ4v) is 1.96. The second kappa shape index (κ2) is 14.1. The molecule has 3 nitrogen and oxygen atoms in total. The minimum absolute atomic E-state index is 0. The van der Waals surface area contributed by atoms with Crippen LogP contribution in [0.15, 0.2) is 0 Å². The van der Waals surface area contributed by atoms with Crippen molar-refractivity contribution in [3.8, 4) is 0 Å². The van der Waals surface area contributed by atoms with E-state index in [1.807, 2.05) is 18.8 Å². The molecule has 0 fully saturated rings. The molecule has 0 spiro atoms. The number of hydrogen-bond donors (Lipinski definition) is 2. The van der Waals surface area contributed by atoms with Crippen LogP contribution >= 0.6 is 24.2 Å². The first-order valence-corrected chi connectivity index (χ1v) is 6.45. The van der Waals surface area contributed by atoms with Crippen LogP contribution in [0.4, 0.5) is 0 Å². The largest absolute Gasteiger partial charge is 0.355 e. The molecule has 0 atom stereocenters. The zero-order valence-corrected chi connectivity index (χ0v) is 11.3. The van der Waals surface area contributed by atoms with Crippen molar-refractivity contribution in [2.24, 2.45) is 0 Å². The summed E-state index contributed by atoms with van der Waals surface area (Å²) in [6, 6.07) is 0. The molecule has 0 aromatic rings. The van der Waals surface area contributed by atoms with E-state index in [0.717, 1.165) is 18.8 Å². The number of thioether (sulfide) groups is 1. The van der Waals surface area contributed by atoms with Gasteiger partial charge in [-0.3, -0.25) is 4.79 Å². The van der Waals surface area contributed by atoms with Crippen LogP contribution in [-0.4, -0.2) is 37.6 Å². The minimum atomic E-state index is 0. The van der Waals surface area contributed by atoms with E-state index in [1.165, 1.54) is 18.6 Å². The number of halogens is 1. The maximum Gasteiger partial charge on any atom is 0.220 e. The van der Waals surface area contributed by atoms with E-state index in [2.05, 4.69) is 17.6 Å². The molecule has 2 N–H and O–H groups in total. The molecule has 1 amide bonds. The molecule has 0 aliphatic carbocycles. The molecule has 0 aliphatic heterocycles. The Morgan fingerprint density at radius 3 is 2.60 bits per heavy atom. The first kappa shape index (κ1) is 17.5. The molecule has 0 heterocycles. The number of carbonyl (C=O) groups is 1. The van der Waals surface area contributed by atoms with Crippen molar-refractivity contribution in [1.82, 2.24) is 10.6 Å². The third kappa shape index (κ3) is 14.1. The van der Waals surface area contributed by atoms with Crippen molar-refractivity contribution in [1.29, 1.82) is 0 Å². The number of nitrogens with one attached hydrogen (secondary N) is 2. The third-order valence-electron chi connectivity index (χ3n) is 1.81. The van der Waals surface area contributed by atoms with Crippen LogP contribution in [0.25, 0.3) is 0 Å². The molecule has 0 aliphatic rings. The van der Waals surface area contributed by atoms with Crippen LogP contribution in [0.3, 0.4) is 0 Å². The molecule has 0 bridgehead atoms. The summed E-state index contributed by atoms with van der Waals surface area (Å²) in [6.07, 6.45) is 3.14. The zero-order chi connectivity index (χ0) is 10.6. The predicted molar refractivity (Wildman–Crippen MR) is 71.0 cm³/mol. The summed E-state index contributed by atoms with van der Waals surface area (Å²) in [6.45, 7) is 3.76. The minimum Gasteiger partial charge on any atom is -0.355 e. The normalized spacial score (nSPS) is 9.47. The van der Waals surface area contributed by atoms with Crippen molar-refractivity contribution in [3.05, 3.63) is 0 Å². The Balaban J connectivity index is 0. The van der Waals surface area contributed by atoms with Gasteiger partial charge in [0.25, 0.3) is 0 Å². The van der Waals surface area contributed by atoms with E-state index in [1.54, 1.807) is 0 Å². The highest BCUT2D eigenvalue weighted by Gasteiger charge is 1.99. The van der Waals surface area contributed by atoms with Gasteiger partial charge in [0.15, 0.2) is 0 Å². The van der Waals surface area contributed by atoms with Crippen molar-refractivity contribution < 1.29 is 4.79 Å². The molecule has 0 aromatic heterocycles. The summed E-state index contributed by atoms with van der Waals surface area (Å²) >= 11 is 1.87. The van der Waals surface area contributed by atoms with Gasteiger partial charge in [0, 0.05) is 25.3 Å². The van der Waals surface area contributed by atoms with E-state index in [-0.39, 0.29) is 18.3 Å². The lowest BCUT2D eigenvalue weighted by molar-refractivity contribution is -0.120. The topological polar surface area (TPSA) is 41.1 Å². The van der Waals surface area contributed by atoms with E-state index >= 15 is 0 Å². The van der Waals surface area contributed by atoms with E-state index in [9.17, 15) is 4.79 Å². The molecular weight excluding hydrogens is 232 g/mol. The van der Waals surface area contributed by atoms with Gasteiger partial charge in [0.1, 0.15) is 0 Å². The summed E-state index contributed by atoms with van der Waals surface area (Å²) in [5, 5.41) is 5.85. The number of likely N-dealkylation sites (N-methyl/N-ethyl adjacent to an activating group) is 1. The van der Waals surface area contributed by atoms with E-state index < -0.39 is 0 Å². The Bertz CT molecular complexity index is 147. The fourth-order valence-electron chi connectivity index (χ4n) is 0.929. The van der Waals surface area contributed by atoms with Gasteiger partial charge < -0.3 is 10.6 Å². The quantitative estimate of drug-likeness (QED) is 0.615. The second-order valence-electron chi connectivity index (χ2n) is 3.17. The Kier molecular flexibility index (Phi) is 16.4. The van der Waals surface area contributed by atoms with Crippen LogP contribution in [0.2, 0.25) is 0 Å². The number of rotatable bonds is 9. The predicted octanol–water partition coefficient (Wildman–Crippen LogP) is 1.67. The lowest BCUT2D eigenvalue weighted by Crippen LogP contribution is -2.30. The second-order valence-corrected chi connectivity index (χ2v) is 4.39. The van der Waals surface area contributed by atoms with Gasteiger partial charge in [0.2, 0.25) is 5.91 Å². The molecule has 0 radical (unpaired) electrons. The standard InChI is InChI=1S/C10H22N2OS.ClH/c1-3-4-8-14-9-5-10(13)12-7-6-11-2;/h11H,3-9H2,1-2H3,(H,12,13);1H. The Labute approximate surface area is 104 Å². The SMILES string of the molecule is CCCCSCCC(=O)NCCNC.Cl. The van der Waals surface area contributed by atoms with Crippen molar-refractivity contribution in [2.75, 3.05) is 31.6 Å². The number of hydrogen-bond acceptors (Lipinski definition) is 3. The van der Waals surface area contributed by atoms with Crippen LogP contribution in [0.1, 0.15) is 26.2 Å². The summed E-state index contributed by atoms with van der Waals surface area (Å²) < 4.78 is 0. The molecule has 0 rings (SSSR count). The van der Waals surface area contributed by atoms with Gasteiger partial charge in [-0.1, -0.05) is 13.3 Å². The van der Waals surface area contributed by atoms with Gasteiger partial charge in [-0.25, -0.2) is 0 Å². The highest BCUT2D eigenvalue weighted by Crippen LogP contribution is 2.05. The van der Waals surface area contributed by atoms with Gasteiger partial charge in [-0.05, 0) is 19.2 Å². The highest BCUT2D eigenvalue weighted by molar-refractivity contribution is 7.99. The molecule has 5 heteroatoms. The van der Waals surface area contributed by atoms with Gasteiger partial charge >= 0.3 is 0 Å². The monoisotopic (exact) mass is 254 g/mol. The molecule has 0 aromatic carbocycles. The van der Waals surface area contributed by atoms with Gasteiger partial charge in [-0.2, -0.15) is 11.8 Å². The number of amides is 1. The Morgan fingerprint density at radius 1 is 1.27 bits per heavy atom. The Hall–Kier alpha value is 0.0700. The van der Waals surface area contributed by atoms with Crippen molar-refractivity contribution in [3.63, 3.8) is 0 Å². The van der Waals surface area contributed by atoms with Crippen LogP contribution in [0.5, 0.6) is 0 Å². The van der Waals surface area contributed by atoms with Crippen molar-refractivity contribution >= 4 is 30.1 Å². The van der Waals surface area contributed by atoms with Gasteiger partial charge in [-0.15, -0.1) is 12.4 Å². The number of carbonyl (C=O) groups excluding carboxylic acids is 1. The van der Waals surface area contributed by atoms with E-state index in [0.29, 0.717) is 6.42 Å². The molecule has 15 heavy (non-hydrogen) atoms.